The quantitative estimate of drug-likeness (QED) is 0.677. The zero-order valence-corrected chi connectivity index (χ0v) is 17.3. The van der Waals surface area contributed by atoms with E-state index in [1.807, 2.05) is 55.5 Å². The lowest BCUT2D eigenvalue weighted by molar-refractivity contribution is 0.182. The van der Waals surface area contributed by atoms with Crippen LogP contribution in [0, 0.1) is 0 Å². The van der Waals surface area contributed by atoms with Crippen molar-refractivity contribution in [2.24, 2.45) is 0 Å². The van der Waals surface area contributed by atoms with Crippen LogP contribution in [-0.2, 0) is 23.2 Å². The molecule has 0 unspecified atom stereocenters. The third-order valence-electron chi connectivity index (χ3n) is 4.75. The summed E-state index contributed by atoms with van der Waals surface area (Å²) in [4.78, 5) is 2.26. The summed E-state index contributed by atoms with van der Waals surface area (Å²) in [5.41, 5.74) is 2.24. The topological polar surface area (TPSA) is 59.1 Å². The largest absolute Gasteiger partial charge is 0.490 e. The molecule has 2 aromatic carbocycles. The molecule has 0 bridgehead atoms. The molecule has 0 aromatic heterocycles. The van der Waals surface area contributed by atoms with Crippen molar-refractivity contribution < 1.29 is 17.9 Å². The van der Waals surface area contributed by atoms with Gasteiger partial charge in [-0.1, -0.05) is 36.4 Å². The van der Waals surface area contributed by atoms with Crippen molar-refractivity contribution in [1.82, 2.24) is 9.21 Å². The predicted molar refractivity (Wildman–Crippen MR) is 110 cm³/mol. The molecule has 0 amide bonds. The van der Waals surface area contributed by atoms with Gasteiger partial charge in [0.05, 0.1) is 12.9 Å². The first kappa shape index (κ1) is 20.6. The highest BCUT2D eigenvalue weighted by molar-refractivity contribution is 7.88. The maximum absolute atomic E-state index is 11.6. The fraction of sp³-hybridized carbons (Fsp3) is 0.429. The van der Waals surface area contributed by atoms with Crippen LogP contribution in [0.1, 0.15) is 18.1 Å². The summed E-state index contributed by atoms with van der Waals surface area (Å²) in [5, 5.41) is 0. The molecule has 1 fully saturated rings. The van der Waals surface area contributed by atoms with Crippen molar-refractivity contribution >= 4 is 10.0 Å². The molecule has 6 nitrogen and oxygen atoms in total. The maximum Gasteiger partial charge on any atom is 0.211 e. The van der Waals surface area contributed by atoms with Crippen molar-refractivity contribution in [2.75, 3.05) is 39.0 Å². The molecule has 152 valence electrons. The Labute approximate surface area is 167 Å². The summed E-state index contributed by atoms with van der Waals surface area (Å²) in [5.74, 6) is 1.47. The highest BCUT2D eigenvalue weighted by atomic mass is 32.2. The second-order valence-corrected chi connectivity index (χ2v) is 8.91. The van der Waals surface area contributed by atoms with Crippen molar-refractivity contribution in [3.05, 3.63) is 59.7 Å². The third-order valence-corrected chi connectivity index (χ3v) is 6.05. The van der Waals surface area contributed by atoms with Crippen LogP contribution in [0.3, 0.4) is 0 Å². The Balaban J connectivity index is 1.62. The lowest BCUT2D eigenvalue weighted by Crippen LogP contribution is -2.47. The van der Waals surface area contributed by atoms with E-state index < -0.39 is 10.0 Å². The SMILES string of the molecule is CCOc1cc(CN2CCN(S(C)(=O)=O)CC2)ccc1OCc1ccccc1. The molecule has 0 radical (unpaired) electrons. The van der Waals surface area contributed by atoms with Crippen molar-refractivity contribution in [3.8, 4) is 11.5 Å². The summed E-state index contributed by atoms with van der Waals surface area (Å²) in [6, 6.07) is 16.1. The molecule has 28 heavy (non-hydrogen) atoms. The molecule has 0 spiro atoms. The Morgan fingerprint density at radius 3 is 2.25 bits per heavy atom. The molecule has 1 aliphatic rings. The van der Waals surface area contributed by atoms with Crippen molar-refractivity contribution in [3.63, 3.8) is 0 Å². The standard InChI is InChI=1S/C21H28N2O4S/c1-3-26-21-15-19(16-22-11-13-23(14-12-22)28(2,24)25)9-10-20(21)27-17-18-7-5-4-6-8-18/h4-10,15H,3,11-14,16-17H2,1-2H3. The summed E-state index contributed by atoms with van der Waals surface area (Å²) in [6.45, 7) is 6.30. The number of rotatable bonds is 8. The van der Waals surface area contributed by atoms with E-state index in [0.29, 0.717) is 26.3 Å². The minimum atomic E-state index is -3.10. The zero-order valence-electron chi connectivity index (χ0n) is 16.5. The van der Waals surface area contributed by atoms with E-state index in [4.69, 9.17) is 9.47 Å². The van der Waals surface area contributed by atoms with Crippen LogP contribution in [0.5, 0.6) is 11.5 Å². The Bertz CT molecular complexity index is 863. The maximum atomic E-state index is 11.6. The Hall–Kier alpha value is -2.09. The van der Waals surface area contributed by atoms with E-state index in [2.05, 4.69) is 4.90 Å². The molecule has 0 atom stereocenters. The van der Waals surface area contributed by atoms with Crippen LogP contribution in [0.15, 0.2) is 48.5 Å². The third kappa shape index (κ3) is 5.70. The molecule has 1 heterocycles. The number of hydrogen-bond donors (Lipinski definition) is 0. The summed E-state index contributed by atoms with van der Waals surface area (Å²) >= 11 is 0. The molecule has 1 aliphatic heterocycles. The van der Waals surface area contributed by atoms with E-state index in [0.717, 1.165) is 42.3 Å². The first-order chi connectivity index (χ1) is 13.5. The fourth-order valence-corrected chi connectivity index (χ4v) is 4.08. The van der Waals surface area contributed by atoms with Gasteiger partial charge in [0, 0.05) is 32.7 Å². The minimum absolute atomic E-state index is 0.494. The van der Waals surface area contributed by atoms with Gasteiger partial charge in [-0.05, 0) is 30.2 Å². The predicted octanol–water partition coefficient (Wildman–Crippen LogP) is 2.74. The molecular weight excluding hydrogens is 376 g/mol. The van der Waals surface area contributed by atoms with Gasteiger partial charge in [-0.3, -0.25) is 4.90 Å². The van der Waals surface area contributed by atoms with Crippen molar-refractivity contribution in [1.29, 1.82) is 0 Å². The number of ether oxygens (including phenoxy) is 2. The lowest BCUT2D eigenvalue weighted by atomic mass is 10.1. The monoisotopic (exact) mass is 404 g/mol. The van der Waals surface area contributed by atoms with Gasteiger partial charge in [0.1, 0.15) is 6.61 Å². The Kier molecular flexibility index (Phi) is 6.93. The molecule has 3 rings (SSSR count). The Morgan fingerprint density at radius 2 is 1.61 bits per heavy atom. The second kappa shape index (κ2) is 9.41. The summed E-state index contributed by atoms with van der Waals surface area (Å²) in [6.07, 6.45) is 1.27. The molecule has 0 saturated carbocycles. The fourth-order valence-electron chi connectivity index (χ4n) is 3.25. The minimum Gasteiger partial charge on any atom is -0.490 e. The first-order valence-electron chi connectivity index (χ1n) is 9.55. The average Bonchev–Trinajstić information content (AvgIpc) is 2.68. The number of hydrogen-bond acceptors (Lipinski definition) is 5. The number of nitrogens with zero attached hydrogens (tertiary/aromatic N) is 2. The lowest BCUT2D eigenvalue weighted by Gasteiger charge is -2.33. The van der Waals surface area contributed by atoms with Crippen LogP contribution in [0.2, 0.25) is 0 Å². The van der Waals surface area contributed by atoms with Crippen LogP contribution < -0.4 is 9.47 Å². The number of sulfonamides is 1. The summed E-state index contributed by atoms with van der Waals surface area (Å²) < 4.78 is 36.6. The van der Waals surface area contributed by atoms with E-state index in [9.17, 15) is 8.42 Å². The molecule has 0 aliphatic carbocycles. The van der Waals surface area contributed by atoms with E-state index in [1.54, 1.807) is 0 Å². The highest BCUT2D eigenvalue weighted by Gasteiger charge is 2.23. The van der Waals surface area contributed by atoms with Crippen LogP contribution in [0.25, 0.3) is 0 Å². The average molecular weight is 405 g/mol. The van der Waals surface area contributed by atoms with Gasteiger partial charge in [-0.15, -0.1) is 0 Å². The van der Waals surface area contributed by atoms with Gasteiger partial charge in [-0.25, -0.2) is 8.42 Å². The van der Waals surface area contributed by atoms with Gasteiger partial charge in [-0.2, -0.15) is 4.31 Å². The van der Waals surface area contributed by atoms with Gasteiger partial charge in [0.15, 0.2) is 11.5 Å². The van der Waals surface area contributed by atoms with Crippen LogP contribution >= 0.6 is 0 Å². The molecule has 1 saturated heterocycles. The first-order valence-corrected chi connectivity index (χ1v) is 11.4. The van der Waals surface area contributed by atoms with Gasteiger partial charge >= 0.3 is 0 Å². The number of piperazine rings is 1. The Morgan fingerprint density at radius 1 is 0.893 bits per heavy atom. The van der Waals surface area contributed by atoms with Crippen LogP contribution in [-0.4, -0.2) is 56.7 Å². The van der Waals surface area contributed by atoms with Gasteiger partial charge in [0.25, 0.3) is 0 Å². The van der Waals surface area contributed by atoms with E-state index in [1.165, 1.54) is 10.6 Å². The smallest absolute Gasteiger partial charge is 0.211 e. The number of benzene rings is 2. The van der Waals surface area contributed by atoms with E-state index in [-0.39, 0.29) is 0 Å². The normalized spacial score (nSPS) is 16.1. The zero-order chi connectivity index (χ0) is 20.0. The molecule has 7 heteroatoms. The highest BCUT2D eigenvalue weighted by Crippen LogP contribution is 2.30. The molecular formula is C21H28N2O4S. The van der Waals surface area contributed by atoms with Gasteiger partial charge in [0.2, 0.25) is 10.0 Å². The second-order valence-electron chi connectivity index (χ2n) is 6.93. The van der Waals surface area contributed by atoms with Crippen LogP contribution in [0.4, 0.5) is 0 Å². The molecule has 2 aromatic rings. The van der Waals surface area contributed by atoms with Gasteiger partial charge < -0.3 is 9.47 Å². The van der Waals surface area contributed by atoms with E-state index >= 15 is 0 Å². The molecule has 0 N–H and O–H groups in total. The summed E-state index contributed by atoms with van der Waals surface area (Å²) in [7, 11) is -3.10. The van der Waals surface area contributed by atoms with Crippen molar-refractivity contribution in [2.45, 2.75) is 20.1 Å².